The second-order valence-corrected chi connectivity index (χ2v) is 15.7. The molecule has 0 aromatic carbocycles. The fourth-order valence-corrected chi connectivity index (χ4v) is 11.3. The van der Waals surface area contributed by atoms with Gasteiger partial charge in [-0.2, -0.15) is 0 Å². The molecule has 4 fully saturated rings. The maximum Gasteiger partial charge on any atom is 0.312 e. The molecule has 0 amide bonds. The van der Waals surface area contributed by atoms with E-state index >= 15 is 0 Å². The van der Waals surface area contributed by atoms with Crippen molar-refractivity contribution in [3.05, 3.63) is 11.6 Å². The molecule has 4 nitrogen and oxygen atoms in total. The van der Waals surface area contributed by atoms with E-state index in [9.17, 15) is 15.0 Å². The highest BCUT2D eigenvalue weighted by Crippen LogP contribution is 2.76. The van der Waals surface area contributed by atoms with E-state index in [0.29, 0.717) is 24.2 Å². The fraction of sp³-hybridized carbons (Fsp3) is 0.906. The van der Waals surface area contributed by atoms with Gasteiger partial charge >= 0.3 is 5.97 Å². The molecule has 0 aliphatic heterocycles. The molecule has 5 aliphatic carbocycles. The van der Waals surface area contributed by atoms with Crippen molar-refractivity contribution < 1.29 is 19.7 Å². The number of fused-ring (bicyclic) bond motifs is 7. The third-order valence-corrected chi connectivity index (χ3v) is 14.0. The molecule has 0 aromatic heterocycles. The molecule has 4 heteroatoms. The van der Waals surface area contributed by atoms with Crippen molar-refractivity contribution in [2.45, 2.75) is 119 Å². The van der Waals surface area contributed by atoms with Gasteiger partial charge in [-0.1, -0.05) is 67.0 Å². The van der Waals surface area contributed by atoms with Crippen molar-refractivity contribution >= 4 is 5.97 Å². The van der Waals surface area contributed by atoms with Crippen LogP contribution < -0.4 is 0 Å². The van der Waals surface area contributed by atoms with E-state index in [0.717, 1.165) is 44.9 Å². The predicted molar refractivity (Wildman–Crippen MR) is 143 cm³/mol. The average Bonchev–Trinajstić information content (AvgIpc) is 2.80. The number of carbonyl (C=O) groups is 1. The summed E-state index contributed by atoms with van der Waals surface area (Å²) in [6.07, 6.45) is 9.09. The summed E-state index contributed by atoms with van der Waals surface area (Å²) in [7, 11) is 1.58. The molecule has 10 atom stereocenters. The van der Waals surface area contributed by atoms with Gasteiger partial charge in [0.15, 0.2) is 0 Å². The largest absolute Gasteiger partial charge is 0.469 e. The zero-order chi connectivity index (χ0) is 26.7. The van der Waals surface area contributed by atoms with Gasteiger partial charge in [-0.15, -0.1) is 0 Å². The highest BCUT2D eigenvalue weighted by atomic mass is 16.5. The Morgan fingerprint density at radius 3 is 2.22 bits per heavy atom. The first-order chi connectivity index (χ1) is 16.5. The minimum atomic E-state index is -0.667. The number of hydrogen-bond donors (Lipinski definition) is 2. The summed E-state index contributed by atoms with van der Waals surface area (Å²) in [6.45, 7) is 19.0. The molecule has 0 unspecified atom stereocenters. The number of aliphatic hydroxyl groups excluding tert-OH is 2. The number of rotatable bonds is 1. The van der Waals surface area contributed by atoms with Crippen molar-refractivity contribution in [2.75, 3.05) is 7.11 Å². The van der Waals surface area contributed by atoms with E-state index in [-0.39, 0.29) is 39.0 Å². The number of hydrogen-bond acceptors (Lipinski definition) is 4. The van der Waals surface area contributed by atoms with Crippen molar-refractivity contribution in [3.8, 4) is 0 Å². The molecule has 0 spiro atoms. The lowest BCUT2D eigenvalue weighted by Crippen LogP contribution is -2.67. The van der Waals surface area contributed by atoms with Gasteiger partial charge in [-0.3, -0.25) is 4.79 Å². The second-order valence-electron chi connectivity index (χ2n) is 15.7. The Bertz CT molecular complexity index is 965. The molecule has 0 radical (unpaired) electrons. The van der Waals surface area contributed by atoms with E-state index in [1.807, 2.05) is 0 Å². The molecule has 36 heavy (non-hydrogen) atoms. The first-order valence-electron chi connectivity index (χ1n) is 14.7. The number of allylic oxidation sites excluding steroid dienone is 2. The highest BCUT2D eigenvalue weighted by Gasteiger charge is 2.70. The van der Waals surface area contributed by atoms with Crippen molar-refractivity contribution in [1.82, 2.24) is 0 Å². The molecule has 0 bridgehead atoms. The summed E-state index contributed by atoms with van der Waals surface area (Å²) in [5, 5.41) is 22.0. The van der Waals surface area contributed by atoms with E-state index in [2.05, 4.69) is 61.5 Å². The highest BCUT2D eigenvalue weighted by molar-refractivity contribution is 5.78. The molecule has 2 N–H and O–H groups in total. The van der Waals surface area contributed by atoms with Crippen LogP contribution in [0.5, 0.6) is 0 Å². The molecule has 0 saturated heterocycles. The Morgan fingerprint density at radius 2 is 1.58 bits per heavy atom. The molecular weight excluding hydrogens is 448 g/mol. The van der Waals surface area contributed by atoms with Gasteiger partial charge in [0.2, 0.25) is 0 Å². The SMILES string of the molecule is COC(=O)[C@]12CCC(C)(C)[C@H](C)[C@H]1C1=CC[C@H]3[C@@]4(C)C[C@@H](O)[C@H](O)C(C)(C)[C@@H]4CC[C@@]3(C)[C@]1(C)CC2. The van der Waals surface area contributed by atoms with Crippen LogP contribution in [0.3, 0.4) is 0 Å². The van der Waals surface area contributed by atoms with Gasteiger partial charge in [0.05, 0.1) is 24.7 Å². The first-order valence-corrected chi connectivity index (χ1v) is 14.7. The van der Waals surface area contributed by atoms with E-state index < -0.39 is 17.6 Å². The maximum absolute atomic E-state index is 13.5. The van der Waals surface area contributed by atoms with Crippen LogP contribution in [0.2, 0.25) is 0 Å². The smallest absolute Gasteiger partial charge is 0.312 e. The summed E-state index contributed by atoms with van der Waals surface area (Å²) >= 11 is 0. The van der Waals surface area contributed by atoms with Gasteiger partial charge in [0.25, 0.3) is 0 Å². The van der Waals surface area contributed by atoms with Crippen molar-refractivity contribution in [1.29, 1.82) is 0 Å². The minimum Gasteiger partial charge on any atom is -0.469 e. The van der Waals surface area contributed by atoms with E-state index in [1.165, 1.54) is 5.57 Å². The number of carbonyl (C=O) groups excluding carboxylic acids is 1. The maximum atomic E-state index is 13.5. The quantitative estimate of drug-likeness (QED) is 0.317. The van der Waals surface area contributed by atoms with Crippen LogP contribution in [0.1, 0.15) is 107 Å². The lowest BCUT2D eigenvalue weighted by Gasteiger charge is -2.72. The normalized spacial score (nSPS) is 53.1. The number of aliphatic hydroxyl groups is 2. The molecular formula is C32H52O4. The predicted octanol–water partition coefficient (Wildman–Crippen LogP) is 6.54. The number of ether oxygens (including phenoxy) is 1. The number of methoxy groups -OCH3 is 1. The Morgan fingerprint density at radius 1 is 0.944 bits per heavy atom. The third-order valence-electron chi connectivity index (χ3n) is 14.0. The van der Waals surface area contributed by atoms with Gasteiger partial charge < -0.3 is 14.9 Å². The van der Waals surface area contributed by atoms with Gasteiger partial charge in [-0.05, 0) is 102 Å². The Kier molecular flexibility index (Phi) is 5.82. The summed E-state index contributed by atoms with van der Waals surface area (Å²) in [4.78, 5) is 13.5. The van der Waals surface area contributed by atoms with E-state index in [1.54, 1.807) is 7.11 Å². The minimum absolute atomic E-state index is 0.00638. The average molecular weight is 501 g/mol. The second kappa shape index (κ2) is 7.84. The summed E-state index contributed by atoms with van der Waals surface area (Å²) in [5.41, 5.74) is 1.14. The standard InChI is InChI=1S/C32H52O4/c1-19-24-20-10-11-23-29(6)18-21(33)25(34)28(4,5)22(29)12-13-31(23,8)30(20,7)15-17-32(24,26(35)36-9)16-14-27(19,2)3/h10,19,21-25,33-34H,11-18H2,1-9H3/t19-,21-,22+,23+,24+,25+,29+,30-,31-,32+/m1/s1. The van der Waals surface area contributed by atoms with Crippen LogP contribution in [0.25, 0.3) is 0 Å². The summed E-state index contributed by atoms with van der Waals surface area (Å²) in [5.74, 6) is 1.49. The topological polar surface area (TPSA) is 66.8 Å². The van der Waals surface area contributed by atoms with Crippen LogP contribution in [0.4, 0.5) is 0 Å². The lowest BCUT2D eigenvalue weighted by molar-refractivity contribution is -0.233. The van der Waals surface area contributed by atoms with Gasteiger partial charge in [0.1, 0.15) is 0 Å². The zero-order valence-corrected chi connectivity index (χ0v) is 24.4. The third kappa shape index (κ3) is 3.04. The molecule has 5 aliphatic rings. The van der Waals surface area contributed by atoms with Crippen molar-refractivity contribution in [3.63, 3.8) is 0 Å². The molecule has 5 rings (SSSR count). The Labute approximate surface area is 219 Å². The lowest BCUT2D eigenvalue weighted by atomic mass is 9.33. The summed E-state index contributed by atoms with van der Waals surface area (Å²) < 4.78 is 5.52. The molecule has 0 heterocycles. The number of esters is 1. The van der Waals surface area contributed by atoms with E-state index in [4.69, 9.17) is 4.74 Å². The Hall–Kier alpha value is -0.870. The first kappa shape index (κ1) is 26.7. The van der Waals surface area contributed by atoms with Crippen LogP contribution >= 0.6 is 0 Å². The van der Waals surface area contributed by atoms with Crippen LogP contribution in [-0.4, -0.2) is 35.5 Å². The molecule has 204 valence electrons. The summed E-state index contributed by atoms with van der Waals surface area (Å²) in [6, 6.07) is 0. The molecule has 0 aromatic rings. The van der Waals surface area contributed by atoms with Crippen LogP contribution in [0, 0.1) is 56.2 Å². The van der Waals surface area contributed by atoms with Gasteiger partial charge in [-0.25, -0.2) is 0 Å². The van der Waals surface area contributed by atoms with Gasteiger partial charge in [0, 0.05) is 0 Å². The Balaban J connectivity index is 1.63. The van der Waals surface area contributed by atoms with Crippen molar-refractivity contribution in [2.24, 2.45) is 56.2 Å². The zero-order valence-electron chi connectivity index (χ0n) is 24.4. The fourth-order valence-electron chi connectivity index (χ4n) is 11.3. The monoisotopic (exact) mass is 500 g/mol. The van der Waals surface area contributed by atoms with Crippen LogP contribution in [0.15, 0.2) is 11.6 Å². The molecule has 4 saturated carbocycles. The van der Waals surface area contributed by atoms with Crippen LogP contribution in [-0.2, 0) is 9.53 Å².